The van der Waals surface area contributed by atoms with Crippen LogP contribution < -0.4 is 0 Å². The lowest BCUT2D eigenvalue weighted by Gasteiger charge is -2.17. The van der Waals surface area contributed by atoms with Gasteiger partial charge >= 0.3 is 5.97 Å². The molecule has 0 aliphatic carbocycles. The van der Waals surface area contributed by atoms with E-state index in [0.717, 1.165) is 19.3 Å². The Kier molecular flexibility index (Phi) is 29.4. The molecule has 0 spiro atoms. The van der Waals surface area contributed by atoms with E-state index in [4.69, 9.17) is 9.47 Å². The summed E-state index contributed by atoms with van der Waals surface area (Å²) in [5.74, 6) is 0.365. The van der Waals surface area contributed by atoms with Crippen molar-refractivity contribution in [2.45, 2.75) is 181 Å². The van der Waals surface area contributed by atoms with Gasteiger partial charge in [-0.1, -0.05) is 156 Å². The quantitative estimate of drug-likeness (QED) is 0.0747. The molecule has 1 N–H and O–H groups in total. The minimum Gasteiger partial charge on any atom is -0.463 e. The van der Waals surface area contributed by atoms with Crippen LogP contribution in [0.1, 0.15) is 175 Å². The Morgan fingerprint density at radius 2 is 1.00 bits per heavy atom. The number of hydrogen-bond donors (Lipinski definition) is 1. The van der Waals surface area contributed by atoms with E-state index in [1.807, 2.05) is 0 Å². The van der Waals surface area contributed by atoms with Crippen LogP contribution in [0.4, 0.5) is 0 Å². The van der Waals surface area contributed by atoms with Crippen LogP contribution in [-0.4, -0.2) is 37.0 Å². The van der Waals surface area contributed by atoms with Crippen LogP contribution in [0.3, 0.4) is 0 Å². The fraction of sp³-hybridized carbons (Fsp3) is 0.970. The van der Waals surface area contributed by atoms with Crippen LogP contribution in [-0.2, 0) is 14.3 Å². The second-order valence-corrected chi connectivity index (χ2v) is 11.4. The van der Waals surface area contributed by atoms with E-state index in [-0.39, 0.29) is 19.2 Å². The van der Waals surface area contributed by atoms with Crippen molar-refractivity contribution in [1.29, 1.82) is 0 Å². The summed E-state index contributed by atoms with van der Waals surface area (Å²) in [5.41, 5.74) is 0. The minimum absolute atomic E-state index is 0.0453. The molecule has 0 saturated heterocycles. The summed E-state index contributed by atoms with van der Waals surface area (Å²) in [6.07, 6.45) is 30.1. The molecular weight excluding hydrogens is 460 g/mol. The summed E-state index contributed by atoms with van der Waals surface area (Å²) in [4.78, 5) is 11.9. The standard InChI is InChI=1S/C33H66O4/c1-4-7-9-10-11-12-13-14-15-16-17-18-19-20-21-22-23-24-25-27-33(35)37-30-32(34)29-36-28-31(6-3)26-8-5-2/h31-32,34H,4-30H2,1-3H3/t31-,32+/m0/s1. The first-order valence-corrected chi connectivity index (χ1v) is 16.5. The van der Waals surface area contributed by atoms with Crippen LogP contribution in [0.5, 0.6) is 0 Å². The van der Waals surface area contributed by atoms with Gasteiger partial charge in [-0.3, -0.25) is 4.79 Å². The molecule has 0 unspecified atom stereocenters. The predicted octanol–water partition coefficient (Wildman–Crippen LogP) is 9.95. The van der Waals surface area contributed by atoms with Gasteiger partial charge in [0.1, 0.15) is 12.7 Å². The van der Waals surface area contributed by atoms with Gasteiger partial charge in [0.25, 0.3) is 0 Å². The number of aliphatic hydroxyl groups excluding tert-OH is 1. The van der Waals surface area contributed by atoms with Crippen LogP contribution in [0.25, 0.3) is 0 Å². The molecule has 0 aromatic rings. The summed E-state index contributed by atoms with van der Waals surface area (Å²) in [5, 5.41) is 9.99. The predicted molar refractivity (Wildman–Crippen MR) is 159 cm³/mol. The summed E-state index contributed by atoms with van der Waals surface area (Å²) < 4.78 is 10.9. The Morgan fingerprint density at radius 3 is 1.43 bits per heavy atom. The highest BCUT2D eigenvalue weighted by atomic mass is 16.5. The molecule has 4 nitrogen and oxygen atoms in total. The van der Waals surface area contributed by atoms with E-state index in [1.165, 1.54) is 128 Å². The topological polar surface area (TPSA) is 55.8 Å². The van der Waals surface area contributed by atoms with Gasteiger partial charge in [0.15, 0.2) is 0 Å². The van der Waals surface area contributed by atoms with E-state index in [0.29, 0.717) is 18.9 Å². The fourth-order valence-electron chi connectivity index (χ4n) is 4.93. The molecule has 0 bridgehead atoms. The van der Waals surface area contributed by atoms with E-state index < -0.39 is 6.10 Å². The molecule has 0 radical (unpaired) electrons. The maximum Gasteiger partial charge on any atom is 0.305 e. The second kappa shape index (κ2) is 29.9. The van der Waals surface area contributed by atoms with Crippen molar-refractivity contribution in [2.75, 3.05) is 19.8 Å². The molecule has 222 valence electrons. The number of ether oxygens (including phenoxy) is 2. The van der Waals surface area contributed by atoms with Crippen LogP contribution >= 0.6 is 0 Å². The van der Waals surface area contributed by atoms with Crippen molar-refractivity contribution in [2.24, 2.45) is 5.92 Å². The zero-order valence-electron chi connectivity index (χ0n) is 25.4. The molecule has 0 aliphatic rings. The minimum atomic E-state index is -0.724. The monoisotopic (exact) mass is 526 g/mol. The van der Waals surface area contributed by atoms with Crippen molar-refractivity contribution < 1.29 is 19.4 Å². The maximum atomic E-state index is 11.9. The van der Waals surface area contributed by atoms with Gasteiger partial charge in [-0.2, -0.15) is 0 Å². The summed E-state index contributed by atoms with van der Waals surface area (Å²) in [6.45, 7) is 7.64. The molecule has 0 aromatic carbocycles. The first-order valence-electron chi connectivity index (χ1n) is 16.5. The molecule has 0 aromatic heterocycles. The Labute approximate surface area is 232 Å². The van der Waals surface area contributed by atoms with Gasteiger partial charge in [-0.15, -0.1) is 0 Å². The number of carbonyl (C=O) groups is 1. The Balaban J connectivity index is 3.33. The molecule has 0 heterocycles. The zero-order valence-corrected chi connectivity index (χ0v) is 25.4. The lowest BCUT2D eigenvalue weighted by atomic mass is 10.0. The van der Waals surface area contributed by atoms with Crippen molar-refractivity contribution in [3.8, 4) is 0 Å². The fourth-order valence-corrected chi connectivity index (χ4v) is 4.93. The number of aliphatic hydroxyl groups is 1. The molecular formula is C33H66O4. The SMILES string of the molecule is CCCCCCCCCCCCCCCCCCCCCC(=O)OC[C@H](O)COC[C@@H](CC)CCCC. The van der Waals surface area contributed by atoms with Crippen molar-refractivity contribution in [3.63, 3.8) is 0 Å². The van der Waals surface area contributed by atoms with E-state index in [9.17, 15) is 9.90 Å². The maximum absolute atomic E-state index is 11.9. The molecule has 4 heteroatoms. The van der Waals surface area contributed by atoms with Crippen molar-refractivity contribution >= 4 is 5.97 Å². The van der Waals surface area contributed by atoms with Crippen LogP contribution in [0, 0.1) is 5.92 Å². The molecule has 0 aliphatic heterocycles. The van der Waals surface area contributed by atoms with E-state index in [2.05, 4.69) is 20.8 Å². The lowest BCUT2D eigenvalue weighted by Crippen LogP contribution is -2.25. The number of rotatable bonds is 30. The smallest absolute Gasteiger partial charge is 0.305 e. The lowest BCUT2D eigenvalue weighted by molar-refractivity contribution is -0.148. The molecule has 0 fully saturated rings. The third-order valence-electron chi connectivity index (χ3n) is 7.63. The molecule has 0 amide bonds. The molecule has 37 heavy (non-hydrogen) atoms. The molecule has 0 rings (SSSR count). The molecule has 0 saturated carbocycles. The van der Waals surface area contributed by atoms with Gasteiger partial charge in [-0.05, 0) is 18.8 Å². The highest BCUT2D eigenvalue weighted by Crippen LogP contribution is 2.15. The van der Waals surface area contributed by atoms with Gasteiger partial charge < -0.3 is 14.6 Å². The summed E-state index contributed by atoms with van der Waals surface area (Å²) in [6, 6.07) is 0. The Hall–Kier alpha value is -0.610. The van der Waals surface area contributed by atoms with E-state index >= 15 is 0 Å². The largest absolute Gasteiger partial charge is 0.463 e. The van der Waals surface area contributed by atoms with Crippen molar-refractivity contribution in [1.82, 2.24) is 0 Å². The third kappa shape index (κ3) is 28.2. The van der Waals surface area contributed by atoms with Crippen LogP contribution in [0.2, 0.25) is 0 Å². The Bertz CT molecular complexity index is 454. The number of unbranched alkanes of at least 4 members (excludes halogenated alkanes) is 19. The normalized spacial score (nSPS) is 13.1. The average molecular weight is 527 g/mol. The molecule has 2 atom stereocenters. The highest BCUT2D eigenvalue weighted by molar-refractivity contribution is 5.69. The van der Waals surface area contributed by atoms with Gasteiger partial charge in [0, 0.05) is 13.0 Å². The van der Waals surface area contributed by atoms with Gasteiger partial charge in [0.2, 0.25) is 0 Å². The second-order valence-electron chi connectivity index (χ2n) is 11.4. The zero-order chi connectivity index (χ0) is 27.2. The first kappa shape index (κ1) is 36.4. The van der Waals surface area contributed by atoms with Gasteiger partial charge in [0.05, 0.1) is 6.61 Å². The van der Waals surface area contributed by atoms with Crippen LogP contribution in [0.15, 0.2) is 0 Å². The number of carbonyl (C=O) groups excluding carboxylic acids is 1. The van der Waals surface area contributed by atoms with Gasteiger partial charge in [-0.25, -0.2) is 0 Å². The number of hydrogen-bond acceptors (Lipinski definition) is 4. The highest BCUT2D eigenvalue weighted by Gasteiger charge is 2.11. The average Bonchev–Trinajstić information content (AvgIpc) is 2.90. The number of esters is 1. The summed E-state index contributed by atoms with van der Waals surface area (Å²) >= 11 is 0. The first-order chi connectivity index (χ1) is 18.1. The van der Waals surface area contributed by atoms with E-state index in [1.54, 1.807) is 0 Å². The Morgan fingerprint density at radius 1 is 0.568 bits per heavy atom. The third-order valence-corrected chi connectivity index (χ3v) is 7.63. The summed E-state index contributed by atoms with van der Waals surface area (Å²) in [7, 11) is 0. The van der Waals surface area contributed by atoms with Crippen molar-refractivity contribution in [3.05, 3.63) is 0 Å².